The predicted molar refractivity (Wildman–Crippen MR) is 74.1 cm³/mol. The van der Waals surface area contributed by atoms with E-state index in [0.717, 1.165) is 16.4 Å². The van der Waals surface area contributed by atoms with Crippen LogP contribution in [0.3, 0.4) is 0 Å². The zero-order chi connectivity index (χ0) is 16.2. The largest absolute Gasteiger partial charge is 0.383 e. The number of rotatable bonds is 7. The summed E-state index contributed by atoms with van der Waals surface area (Å²) in [5.74, 6) is -1.03. The Morgan fingerprint density at radius 3 is 2.52 bits per heavy atom. The number of sulfonamides is 1. The number of methoxy groups -OCH3 is 1. The first kappa shape index (κ1) is 17.5. The quantitative estimate of drug-likeness (QED) is 0.563. The molecule has 0 N–H and O–H groups in total. The normalized spacial score (nSPS) is 11.9. The van der Waals surface area contributed by atoms with Crippen molar-refractivity contribution in [2.75, 3.05) is 26.8 Å². The Bertz CT molecular complexity index is 633. The first-order valence-corrected chi connectivity index (χ1v) is 7.63. The maximum absolute atomic E-state index is 13.6. The van der Waals surface area contributed by atoms with Crippen LogP contribution in [-0.2, 0) is 14.8 Å². The van der Waals surface area contributed by atoms with E-state index in [4.69, 9.17) is 4.74 Å². The second kappa shape index (κ2) is 6.92. The first-order chi connectivity index (χ1) is 9.75. The van der Waals surface area contributed by atoms with Gasteiger partial charge in [-0.05, 0) is 18.6 Å². The average molecular weight is 320 g/mol. The fraction of sp³-hybridized carbons (Fsp3) is 0.500. The van der Waals surface area contributed by atoms with Crippen LogP contribution in [-0.4, -0.2) is 44.5 Å². The number of benzene rings is 1. The van der Waals surface area contributed by atoms with E-state index in [1.165, 1.54) is 14.0 Å². The molecule has 1 aromatic carbocycles. The second-order valence-electron chi connectivity index (χ2n) is 4.32. The molecule has 0 fully saturated rings. The number of ether oxygens (including phenoxy) is 1. The minimum absolute atomic E-state index is 0.0921. The highest BCUT2D eigenvalue weighted by molar-refractivity contribution is 7.89. The minimum atomic E-state index is -3.94. The molecule has 0 saturated heterocycles. The van der Waals surface area contributed by atoms with Crippen LogP contribution in [0.15, 0.2) is 17.0 Å². The van der Waals surface area contributed by atoms with Gasteiger partial charge in [-0.1, -0.05) is 6.92 Å². The van der Waals surface area contributed by atoms with Crippen LogP contribution >= 0.6 is 0 Å². The van der Waals surface area contributed by atoms with E-state index >= 15 is 0 Å². The van der Waals surface area contributed by atoms with E-state index in [1.807, 2.05) is 0 Å². The van der Waals surface area contributed by atoms with Crippen molar-refractivity contribution in [3.63, 3.8) is 0 Å². The number of aryl methyl sites for hydroxylation is 1. The summed E-state index contributed by atoms with van der Waals surface area (Å²) in [5, 5.41) is 10.8. The molecule has 9 heteroatoms. The molecular formula is C12H17FN2O5S. The average Bonchev–Trinajstić information content (AvgIpc) is 2.41. The summed E-state index contributed by atoms with van der Waals surface area (Å²) < 4.78 is 44.5. The Kier molecular flexibility index (Phi) is 5.76. The van der Waals surface area contributed by atoms with Crippen LogP contribution in [0.1, 0.15) is 12.5 Å². The van der Waals surface area contributed by atoms with E-state index < -0.39 is 26.5 Å². The predicted octanol–water partition coefficient (Wildman–Crippen LogP) is 1.70. The van der Waals surface area contributed by atoms with E-state index in [9.17, 15) is 22.9 Å². The SMILES string of the molecule is CCN(CCOC)S(=O)(=O)c1cc(C)c(F)c([N+](=O)[O-])c1. The van der Waals surface area contributed by atoms with Crippen LogP contribution < -0.4 is 0 Å². The van der Waals surface area contributed by atoms with Crippen molar-refractivity contribution in [1.82, 2.24) is 4.31 Å². The summed E-state index contributed by atoms with van der Waals surface area (Å²) in [6.45, 7) is 3.40. The van der Waals surface area contributed by atoms with Gasteiger partial charge < -0.3 is 4.74 Å². The van der Waals surface area contributed by atoms with Gasteiger partial charge in [-0.3, -0.25) is 10.1 Å². The molecule has 0 aliphatic carbocycles. The molecule has 0 atom stereocenters. The molecule has 1 aromatic rings. The van der Waals surface area contributed by atoms with Gasteiger partial charge in [-0.2, -0.15) is 8.70 Å². The highest BCUT2D eigenvalue weighted by Crippen LogP contribution is 2.26. The molecule has 0 saturated carbocycles. The number of hydrogen-bond acceptors (Lipinski definition) is 5. The second-order valence-corrected chi connectivity index (χ2v) is 6.26. The highest BCUT2D eigenvalue weighted by Gasteiger charge is 2.27. The summed E-state index contributed by atoms with van der Waals surface area (Å²) in [6, 6.07) is 1.83. The lowest BCUT2D eigenvalue weighted by molar-refractivity contribution is -0.387. The van der Waals surface area contributed by atoms with E-state index in [0.29, 0.717) is 0 Å². The molecule has 0 aliphatic heterocycles. The van der Waals surface area contributed by atoms with E-state index in [1.54, 1.807) is 6.92 Å². The Hall–Kier alpha value is -1.58. The van der Waals surface area contributed by atoms with Gasteiger partial charge in [0.25, 0.3) is 0 Å². The fourth-order valence-electron chi connectivity index (χ4n) is 1.79. The molecule has 0 radical (unpaired) electrons. The van der Waals surface area contributed by atoms with E-state index in [-0.39, 0.29) is 30.2 Å². The Morgan fingerprint density at radius 2 is 2.05 bits per heavy atom. The molecule has 0 unspecified atom stereocenters. The number of nitro benzene ring substituents is 1. The van der Waals surface area contributed by atoms with Crippen molar-refractivity contribution < 1.29 is 22.5 Å². The van der Waals surface area contributed by atoms with Crippen molar-refractivity contribution in [3.8, 4) is 0 Å². The van der Waals surface area contributed by atoms with Crippen LogP contribution in [0.4, 0.5) is 10.1 Å². The maximum atomic E-state index is 13.6. The lowest BCUT2D eigenvalue weighted by Gasteiger charge is -2.20. The number of hydrogen-bond donors (Lipinski definition) is 0. The van der Waals surface area contributed by atoms with Crippen LogP contribution in [0.2, 0.25) is 0 Å². The molecule has 0 heterocycles. The third-order valence-electron chi connectivity index (χ3n) is 2.94. The standard InChI is InChI=1S/C12H17FN2O5S/c1-4-14(5-6-20-3)21(18,19)10-7-9(2)12(13)11(8-10)15(16)17/h7-8H,4-6H2,1-3H3. The summed E-state index contributed by atoms with van der Waals surface area (Å²) in [7, 11) is -2.50. The van der Waals surface area contributed by atoms with Crippen molar-refractivity contribution in [1.29, 1.82) is 0 Å². The van der Waals surface area contributed by atoms with Crippen molar-refractivity contribution in [2.24, 2.45) is 0 Å². The topological polar surface area (TPSA) is 89.8 Å². The fourth-order valence-corrected chi connectivity index (χ4v) is 3.33. The Labute approximate surface area is 122 Å². The summed E-state index contributed by atoms with van der Waals surface area (Å²) >= 11 is 0. The molecule has 118 valence electrons. The van der Waals surface area contributed by atoms with Gasteiger partial charge in [0.15, 0.2) is 0 Å². The molecule has 0 spiro atoms. The molecular weight excluding hydrogens is 303 g/mol. The van der Waals surface area contributed by atoms with Crippen LogP contribution in [0, 0.1) is 22.9 Å². The van der Waals surface area contributed by atoms with Crippen LogP contribution in [0.25, 0.3) is 0 Å². The zero-order valence-corrected chi connectivity index (χ0v) is 12.8. The number of nitro groups is 1. The number of nitrogens with zero attached hydrogens (tertiary/aromatic N) is 2. The molecule has 0 aromatic heterocycles. The third-order valence-corrected chi connectivity index (χ3v) is 4.89. The molecule has 7 nitrogen and oxygen atoms in total. The minimum Gasteiger partial charge on any atom is -0.383 e. The number of likely N-dealkylation sites (N-methyl/N-ethyl adjacent to an activating group) is 1. The van der Waals surface area contributed by atoms with Gasteiger partial charge in [0.1, 0.15) is 0 Å². The first-order valence-electron chi connectivity index (χ1n) is 6.19. The smallest absolute Gasteiger partial charge is 0.306 e. The van der Waals surface area contributed by atoms with Crippen molar-refractivity contribution >= 4 is 15.7 Å². The molecule has 1 rings (SSSR count). The lowest BCUT2D eigenvalue weighted by Crippen LogP contribution is -2.33. The van der Waals surface area contributed by atoms with Gasteiger partial charge in [0, 0.05) is 26.3 Å². The van der Waals surface area contributed by atoms with E-state index in [2.05, 4.69) is 0 Å². The van der Waals surface area contributed by atoms with Gasteiger partial charge in [-0.25, -0.2) is 8.42 Å². The lowest BCUT2D eigenvalue weighted by atomic mass is 10.2. The molecule has 0 aliphatic rings. The third kappa shape index (κ3) is 3.74. The monoisotopic (exact) mass is 320 g/mol. The molecule has 0 amide bonds. The van der Waals surface area contributed by atoms with Crippen molar-refractivity contribution in [2.45, 2.75) is 18.7 Å². The van der Waals surface area contributed by atoms with Gasteiger partial charge in [0.2, 0.25) is 15.8 Å². The van der Waals surface area contributed by atoms with Gasteiger partial charge in [0.05, 0.1) is 16.4 Å². The molecule has 21 heavy (non-hydrogen) atoms. The van der Waals surface area contributed by atoms with Gasteiger partial charge >= 0.3 is 5.69 Å². The Balaban J connectivity index is 3.34. The van der Waals surface area contributed by atoms with Crippen molar-refractivity contribution in [3.05, 3.63) is 33.6 Å². The van der Waals surface area contributed by atoms with Crippen LogP contribution in [0.5, 0.6) is 0 Å². The summed E-state index contributed by atoms with van der Waals surface area (Å²) in [5.41, 5.74) is -0.943. The van der Waals surface area contributed by atoms with Gasteiger partial charge in [-0.15, -0.1) is 0 Å². The highest BCUT2D eigenvalue weighted by atomic mass is 32.2. The molecule has 0 bridgehead atoms. The summed E-state index contributed by atoms with van der Waals surface area (Å²) in [6.07, 6.45) is 0. The number of halogens is 1. The Morgan fingerprint density at radius 1 is 1.43 bits per heavy atom. The zero-order valence-electron chi connectivity index (χ0n) is 12.0. The summed E-state index contributed by atoms with van der Waals surface area (Å²) in [4.78, 5) is 9.56. The maximum Gasteiger partial charge on any atom is 0.306 e.